The smallest absolute Gasteiger partial charge is 0.325 e. The number of anilines is 1. The second-order valence-corrected chi connectivity index (χ2v) is 6.69. The molecule has 3 rings (SSSR count). The zero-order valence-corrected chi connectivity index (χ0v) is 15.3. The van der Waals surface area contributed by atoms with E-state index >= 15 is 0 Å². The normalized spacial score (nSPS) is 17.8. The number of hydrogen-bond acceptors (Lipinski definition) is 2. The van der Waals surface area contributed by atoms with Gasteiger partial charge in [-0.05, 0) is 55.8 Å². The predicted molar refractivity (Wildman–Crippen MR) is 95.4 cm³/mol. The number of amides is 2. The van der Waals surface area contributed by atoms with Crippen molar-refractivity contribution in [3.05, 3.63) is 65.0 Å². The van der Waals surface area contributed by atoms with E-state index in [-0.39, 0.29) is 24.3 Å². The highest BCUT2D eigenvalue weighted by atomic mass is 19.4. The van der Waals surface area contributed by atoms with E-state index in [1.807, 2.05) is 0 Å². The van der Waals surface area contributed by atoms with Crippen molar-refractivity contribution in [1.82, 2.24) is 4.90 Å². The SMILES string of the molecule is Cc1ccc(F)c(N2CCN(C(=O)c3ccc(C(F)(F)F)cc3)[C@H](C)C2=O)c1. The van der Waals surface area contributed by atoms with E-state index in [9.17, 15) is 27.2 Å². The van der Waals surface area contributed by atoms with Gasteiger partial charge in [0.25, 0.3) is 5.91 Å². The van der Waals surface area contributed by atoms with Crippen molar-refractivity contribution in [1.29, 1.82) is 0 Å². The molecule has 148 valence electrons. The molecule has 1 atom stereocenters. The maximum Gasteiger partial charge on any atom is 0.416 e. The summed E-state index contributed by atoms with van der Waals surface area (Å²) in [5.41, 5.74) is 0.148. The van der Waals surface area contributed by atoms with Crippen LogP contribution in [0.2, 0.25) is 0 Å². The lowest BCUT2D eigenvalue weighted by atomic mass is 10.1. The van der Waals surface area contributed by atoms with Gasteiger partial charge < -0.3 is 9.80 Å². The quantitative estimate of drug-likeness (QED) is 0.722. The van der Waals surface area contributed by atoms with E-state index in [1.165, 1.54) is 22.8 Å². The summed E-state index contributed by atoms with van der Waals surface area (Å²) in [6.45, 7) is 3.53. The van der Waals surface area contributed by atoms with Crippen LogP contribution in [0, 0.1) is 12.7 Å². The third-order valence-electron chi connectivity index (χ3n) is 4.77. The maximum absolute atomic E-state index is 14.1. The van der Waals surface area contributed by atoms with Crippen molar-refractivity contribution in [2.75, 3.05) is 18.0 Å². The molecule has 1 heterocycles. The van der Waals surface area contributed by atoms with Gasteiger partial charge in [0, 0.05) is 18.7 Å². The second-order valence-electron chi connectivity index (χ2n) is 6.69. The Balaban J connectivity index is 1.80. The number of carbonyl (C=O) groups is 2. The Morgan fingerprint density at radius 1 is 1.07 bits per heavy atom. The second kappa shape index (κ2) is 7.26. The molecule has 28 heavy (non-hydrogen) atoms. The summed E-state index contributed by atoms with van der Waals surface area (Å²) in [5.74, 6) is -1.52. The molecule has 0 saturated carbocycles. The fourth-order valence-corrected chi connectivity index (χ4v) is 3.18. The molecule has 1 fully saturated rings. The first-order valence-electron chi connectivity index (χ1n) is 8.65. The van der Waals surface area contributed by atoms with E-state index < -0.39 is 35.4 Å². The summed E-state index contributed by atoms with van der Waals surface area (Å²) >= 11 is 0. The Morgan fingerprint density at radius 3 is 2.32 bits per heavy atom. The molecule has 0 aromatic heterocycles. The van der Waals surface area contributed by atoms with Gasteiger partial charge in [0.2, 0.25) is 5.91 Å². The molecule has 8 heteroatoms. The molecule has 0 spiro atoms. The molecule has 4 nitrogen and oxygen atoms in total. The van der Waals surface area contributed by atoms with E-state index in [0.717, 1.165) is 29.8 Å². The average molecular weight is 394 g/mol. The Labute approximate surface area is 159 Å². The summed E-state index contributed by atoms with van der Waals surface area (Å²) in [4.78, 5) is 28.0. The van der Waals surface area contributed by atoms with E-state index in [2.05, 4.69) is 0 Å². The molecular weight excluding hydrogens is 376 g/mol. The molecule has 0 N–H and O–H groups in total. The Kier molecular flexibility index (Phi) is 5.14. The van der Waals surface area contributed by atoms with Crippen molar-refractivity contribution in [3.8, 4) is 0 Å². The van der Waals surface area contributed by atoms with Crippen molar-refractivity contribution >= 4 is 17.5 Å². The maximum atomic E-state index is 14.1. The van der Waals surface area contributed by atoms with Crippen LogP contribution in [0.25, 0.3) is 0 Å². The fraction of sp³-hybridized carbons (Fsp3) is 0.300. The number of nitrogens with zero attached hydrogens (tertiary/aromatic N) is 2. The average Bonchev–Trinajstić information content (AvgIpc) is 2.65. The molecular formula is C20H18F4N2O2. The molecule has 0 unspecified atom stereocenters. The summed E-state index contributed by atoms with van der Waals surface area (Å²) in [5, 5.41) is 0. The number of piperazine rings is 1. The summed E-state index contributed by atoms with van der Waals surface area (Å²) in [6.07, 6.45) is -4.49. The standard InChI is InChI=1S/C20H18F4N2O2/c1-12-3-8-16(21)17(11-12)26-10-9-25(13(2)18(26)27)19(28)14-4-6-15(7-5-14)20(22,23)24/h3-8,11,13H,9-10H2,1-2H3/t13-/m1/s1. The third kappa shape index (κ3) is 3.72. The largest absolute Gasteiger partial charge is 0.416 e. The van der Waals surface area contributed by atoms with Gasteiger partial charge in [-0.25, -0.2) is 4.39 Å². The fourth-order valence-electron chi connectivity index (χ4n) is 3.18. The minimum absolute atomic E-state index is 0.0582. The van der Waals surface area contributed by atoms with Gasteiger partial charge in [-0.15, -0.1) is 0 Å². The first-order chi connectivity index (χ1) is 13.1. The number of benzene rings is 2. The predicted octanol–water partition coefficient (Wildman–Crippen LogP) is 4.03. The molecule has 1 aliphatic heterocycles. The van der Waals surface area contributed by atoms with Crippen LogP contribution >= 0.6 is 0 Å². The molecule has 0 bridgehead atoms. The lowest BCUT2D eigenvalue weighted by Crippen LogP contribution is -2.58. The molecule has 1 saturated heterocycles. The van der Waals surface area contributed by atoms with Crippen LogP contribution in [0.5, 0.6) is 0 Å². The van der Waals surface area contributed by atoms with Crippen LogP contribution in [0.15, 0.2) is 42.5 Å². The van der Waals surface area contributed by atoms with Gasteiger partial charge in [-0.2, -0.15) is 13.2 Å². The number of carbonyl (C=O) groups excluding carboxylic acids is 2. The van der Waals surface area contributed by atoms with Crippen LogP contribution in [0.3, 0.4) is 0 Å². The van der Waals surface area contributed by atoms with Gasteiger partial charge in [0.1, 0.15) is 11.9 Å². The van der Waals surface area contributed by atoms with Crippen molar-refractivity contribution in [3.63, 3.8) is 0 Å². The highest BCUT2D eigenvalue weighted by Gasteiger charge is 2.37. The molecule has 0 aliphatic carbocycles. The van der Waals surface area contributed by atoms with Crippen molar-refractivity contribution in [2.45, 2.75) is 26.1 Å². The molecule has 2 aromatic rings. The first-order valence-corrected chi connectivity index (χ1v) is 8.65. The zero-order chi connectivity index (χ0) is 20.6. The van der Waals surface area contributed by atoms with Crippen LogP contribution in [0.4, 0.5) is 23.2 Å². The highest BCUT2D eigenvalue weighted by molar-refractivity contribution is 6.03. The minimum Gasteiger partial charge on any atom is -0.325 e. The summed E-state index contributed by atoms with van der Waals surface area (Å²) in [7, 11) is 0. The Hall–Kier alpha value is -2.90. The van der Waals surface area contributed by atoms with E-state index in [4.69, 9.17) is 0 Å². The summed E-state index contributed by atoms with van der Waals surface area (Å²) < 4.78 is 52.2. The van der Waals surface area contributed by atoms with Crippen LogP contribution < -0.4 is 4.90 Å². The lowest BCUT2D eigenvalue weighted by molar-refractivity contribution is -0.137. The zero-order valence-electron chi connectivity index (χ0n) is 15.3. The van der Waals surface area contributed by atoms with Gasteiger partial charge in [0.15, 0.2) is 0 Å². The Morgan fingerprint density at radius 2 is 1.71 bits per heavy atom. The highest BCUT2D eigenvalue weighted by Crippen LogP contribution is 2.30. The van der Waals surface area contributed by atoms with Crippen LogP contribution in [-0.4, -0.2) is 35.8 Å². The van der Waals surface area contributed by atoms with E-state index in [1.54, 1.807) is 19.1 Å². The summed E-state index contributed by atoms with van der Waals surface area (Å²) in [6, 6.07) is 7.41. The van der Waals surface area contributed by atoms with Crippen molar-refractivity contribution < 1.29 is 27.2 Å². The molecule has 2 amide bonds. The number of alkyl halides is 3. The van der Waals surface area contributed by atoms with Gasteiger partial charge >= 0.3 is 6.18 Å². The van der Waals surface area contributed by atoms with Gasteiger partial charge in [0.05, 0.1) is 11.3 Å². The van der Waals surface area contributed by atoms with Gasteiger partial charge in [-0.3, -0.25) is 9.59 Å². The number of hydrogen-bond donors (Lipinski definition) is 0. The van der Waals surface area contributed by atoms with E-state index in [0.29, 0.717) is 0 Å². The topological polar surface area (TPSA) is 40.6 Å². The minimum atomic E-state index is -4.49. The molecule has 2 aromatic carbocycles. The lowest BCUT2D eigenvalue weighted by Gasteiger charge is -2.39. The van der Waals surface area contributed by atoms with Crippen molar-refractivity contribution in [2.24, 2.45) is 0 Å². The number of halogens is 4. The Bertz CT molecular complexity index is 909. The monoisotopic (exact) mass is 394 g/mol. The third-order valence-corrected chi connectivity index (χ3v) is 4.77. The number of rotatable bonds is 2. The van der Waals surface area contributed by atoms with Gasteiger partial charge in [-0.1, -0.05) is 6.07 Å². The van der Waals surface area contributed by atoms with Crippen LogP contribution in [0.1, 0.15) is 28.4 Å². The molecule has 0 radical (unpaired) electrons. The number of aryl methyl sites for hydroxylation is 1. The van der Waals surface area contributed by atoms with Crippen LogP contribution in [-0.2, 0) is 11.0 Å². The molecule has 1 aliphatic rings. The first kappa shape index (κ1) is 19.9.